The van der Waals surface area contributed by atoms with Crippen LogP contribution in [0.3, 0.4) is 0 Å². The number of rotatable bonds is 2. The van der Waals surface area contributed by atoms with E-state index in [1.165, 1.54) is 4.68 Å². The van der Waals surface area contributed by atoms with Crippen LogP contribution < -0.4 is 5.32 Å². The Balaban J connectivity index is 2.00. The first-order valence-electron chi connectivity index (χ1n) is 6.28. The molecular formula is C15H11N5O. The number of amides is 1. The zero-order valence-corrected chi connectivity index (χ0v) is 11.2. The summed E-state index contributed by atoms with van der Waals surface area (Å²) in [6.07, 6.45) is 3.13. The molecule has 0 radical (unpaired) electrons. The van der Waals surface area contributed by atoms with Gasteiger partial charge in [-0.2, -0.15) is 10.4 Å². The van der Waals surface area contributed by atoms with Gasteiger partial charge >= 0.3 is 0 Å². The van der Waals surface area contributed by atoms with Crippen LogP contribution in [-0.4, -0.2) is 20.7 Å². The first-order valence-corrected chi connectivity index (χ1v) is 6.28. The quantitative estimate of drug-likeness (QED) is 0.777. The van der Waals surface area contributed by atoms with Crippen molar-refractivity contribution in [2.24, 2.45) is 7.05 Å². The predicted molar refractivity (Wildman–Crippen MR) is 77.6 cm³/mol. The molecule has 0 unspecified atom stereocenters. The van der Waals surface area contributed by atoms with Crippen molar-refractivity contribution < 1.29 is 4.79 Å². The Labute approximate surface area is 120 Å². The van der Waals surface area contributed by atoms with E-state index < -0.39 is 0 Å². The number of nitrogens with zero attached hydrogens (tertiary/aromatic N) is 4. The summed E-state index contributed by atoms with van der Waals surface area (Å²) in [5.74, 6) is -0.151. The maximum absolute atomic E-state index is 12.4. The van der Waals surface area contributed by atoms with Crippen LogP contribution >= 0.6 is 0 Å². The van der Waals surface area contributed by atoms with Gasteiger partial charge in [-0.25, -0.2) is 0 Å². The van der Waals surface area contributed by atoms with Crippen molar-refractivity contribution in [2.45, 2.75) is 0 Å². The highest BCUT2D eigenvalue weighted by Gasteiger charge is 2.15. The largest absolute Gasteiger partial charge is 0.303 e. The number of aryl methyl sites for hydroxylation is 1. The van der Waals surface area contributed by atoms with Crippen LogP contribution in [0, 0.1) is 11.3 Å². The Hall–Kier alpha value is -3.20. The Bertz CT molecular complexity index is 870. The van der Waals surface area contributed by atoms with Gasteiger partial charge in [-0.1, -0.05) is 24.3 Å². The van der Waals surface area contributed by atoms with Crippen molar-refractivity contribution in [3.63, 3.8) is 0 Å². The second-order valence-corrected chi connectivity index (χ2v) is 4.51. The van der Waals surface area contributed by atoms with Crippen LogP contribution in [0.1, 0.15) is 16.1 Å². The van der Waals surface area contributed by atoms with Crippen molar-refractivity contribution in [3.05, 3.63) is 54.0 Å². The minimum absolute atomic E-state index is 0.236. The summed E-state index contributed by atoms with van der Waals surface area (Å²) in [6, 6.07) is 11.3. The summed E-state index contributed by atoms with van der Waals surface area (Å²) < 4.78 is 1.48. The van der Waals surface area contributed by atoms with Crippen LogP contribution in [0.15, 0.2) is 42.7 Å². The molecular weight excluding hydrogens is 266 g/mol. The van der Waals surface area contributed by atoms with E-state index in [9.17, 15) is 4.79 Å². The molecule has 21 heavy (non-hydrogen) atoms. The number of hydrogen-bond acceptors (Lipinski definition) is 4. The highest BCUT2D eigenvalue weighted by atomic mass is 16.2. The summed E-state index contributed by atoms with van der Waals surface area (Å²) in [5.41, 5.74) is 0.619. The molecule has 0 aliphatic carbocycles. The lowest BCUT2D eigenvalue weighted by molar-refractivity contribution is 0.102. The summed E-state index contributed by atoms with van der Waals surface area (Å²) in [5, 5.41) is 17.4. The smallest absolute Gasteiger partial charge is 0.276 e. The molecule has 6 heteroatoms. The molecule has 0 fully saturated rings. The third-order valence-corrected chi connectivity index (χ3v) is 3.07. The average molecular weight is 277 g/mol. The highest BCUT2D eigenvalue weighted by molar-refractivity contribution is 6.11. The molecule has 2 heterocycles. The number of nitriles is 1. The van der Waals surface area contributed by atoms with Crippen molar-refractivity contribution in [3.8, 4) is 6.07 Å². The van der Waals surface area contributed by atoms with Crippen LogP contribution in [0.5, 0.6) is 0 Å². The predicted octanol–water partition coefficient (Wildman–Crippen LogP) is 2.09. The topological polar surface area (TPSA) is 83.6 Å². The van der Waals surface area contributed by atoms with Gasteiger partial charge in [0.25, 0.3) is 5.91 Å². The zero-order valence-electron chi connectivity index (χ0n) is 11.2. The van der Waals surface area contributed by atoms with Crippen molar-refractivity contribution >= 4 is 22.5 Å². The fourth-order valence-corrected chi connectivity index (χ4v) is 2.13. The van der Waals surface area contributed by atoms with Crippen molar-refractivity contribution in [2.75, 3.05) is 5.32 Å². The number of pyridine rings is 1. The molecule has 0 saturated heterocycles. The van der Waals surface area contributed by atoms with Crippen molar-refractivity contribution in [1.29, 1.82) is 5.26 Å². The molecule has 2 aromatic heterocycles. The fourth-order valence-electron chi connectivity index (χ4n) is 2.13. The van der Waals surface area contributed by atoms with Gasteiger partial charge < -0.3 is 5.32 Å². The number of hydrogen-bond donors (Lipinski definition) is 1. The minimum Gasteiger partial charge on any atom is -0.303 e. The van der Waals surface area contributed by atoms with E-state index in [0.717, 1.165) is 10.8 Å². The third kappa shape index (κ3) is 2.32. The lowest BCUT2D eigenvalue weighted by Crippen LogP contribution is -2.15. The Morgan fingerprint density at radius 3 is 2.95 bits per heavy atom. The van der Waals surface area contributed by atoms with E-state index in [2.05, 4.69) is 15.4 Å². The summed E-state index contributed by atoms with van der Waals surface area (Å²) >= 11 is 0. The average Bonchev–Trinajstić information content (AvgIpc) is 2.86. The van der Waals surface area contributed by atoms with Crippen LogP contribution in [0.4, 0.5) is 5.82 Å². The van der Waals surface area contributed by atoms with E-state index in [-0.39, 0.29) is 11.7 Å². The van der Waals surface area contributed by atoms with Gasteiger partial charge in [0.1, 0.15) is 17.3 Å². The molecule has 1 aromatic carbocycles. The van der Waals surface area contributed by atoms with E-state index in [4.69, 9.17) is 5.26 Å². The second-order valence-electron chi connectivity index (χ2n) is 4.51. The fraction of sp³-hybridized carbons (Fsp3) is 0.0667. The summed E-state index contributed by atoms with van der Waals surface area (Å²) in [4.78, 5) is 16.5. The number of anilines is 1. The first-order chi connectivity index (χ1) is 10.2. The van der Waals surface area contributed by atoms with E-state index in [1.54, 1.807) is 19.4 Å². The standard InChI is InChI=1S/C15H11N5O/c1-20-9-11(8-16)14(19-20)18-15(21)13-12-5-3-2-4-10(12)6-7-17-13/h2-7,9H,1H3,(H,18,19,21). The van der Waals surface area contributed by atoms with Crippen LogP contribution in [-0.2, 0) is 7.05 Å². The van der Waals surface area contributed by atoms with Crippen LogP contribution in [0.2, 0.25) is 0 Å². The summed E-state index contributed by atoms with van der Waals surface area (Å²) in [6.45, 7) is 0. The van der Waals surface area contributed by atoms with Gasteiger partial charge in [-0.05, 0) is 11.5 Å². The van der Waals surface area contributed by atoms with Crippen molar-refractivity contribution in [1.82, 2.24) is 14.8 Å². The van der Waals surface area contributed by atoms with E-state index >= 15 is 0 Å². The van der Waals surface area contributed by atoms with Gasteiger partial charge in [0.2, 0.25) is 0 Å². The number of aromatic nitrogens is 3. The molecule has 0 spiro atoms. The molecule has 3 rings (SSSR count). The number of carbonyl (C=O) groups excluding carboxylic acids is 1. The van der Waals surface area contributed by atoms with Crippen LogP contribution in [0.25, 0.3) is 10.8 Å². The van der Waals surface area contributed by atoms with Gasteiger partial charge in [0, 0.05) is 24.8 Å². The molecule has 0 saturated carbocycles. The Morgan fingerprint density at radius 2 is 2.14 bits per heavy atom. The molecule has 0 aliphatic heterocycles. The molecule has 1 amide bonds. The maximum atomic E-state index is 12.4. The molecule has 0 aliphatic rings. The van der Waals surface area contributed by atoms with E-state index in [1.807, 2.05) is 36.4 Å². The molecule has 1 N–H and O–H groups in total. The van der Waals surface area contributed by atoms with Gasteiger partial charge in [0.05, 0.1) is 0 Å². The molecule has 6 nitrogen and oxygen atoms in total. The second kappa shape index (κ2) is 5.06. The molecule has 0 bridgehead atoms. The molecule has 0 atom stereocenters. The number of fused-ring (bicyclic) bond motifs is 1. The highest BCUT2D eigenvalue weighted by Crippen LogP contribution is 2.18. The number of nitrogens with one attached hydrogen (secondary N) is 1. The summed E-state index contributed by atoms with van der Waals surface area (Å²) in [7, 11) is 1.69. The Kier molecular flexibility index (Phi) is 3.09. The Morgan fingerprint density at radius 1 is 1.33 bits per heavy atom. The lowest BCUT2D eigenvalue weighted by Gasteiger charge is -2.05. The normalized spacial score (nSPS) is 10.3. The van der Waals surface area contributed by atoms with Gasteiger partial charge in [-0.3, -0.25) is 14.5 Å². The minimum atomic E-state index is -0.387. The number of benzene rings is 1. The maximum Gasteiger partial charge on any atom is 0.276 e. The lowest BCUT2D eigenvalue weighted by atomic mass is 10.1. The third-order valence-electron chi connectivity index (χ3n) is 3.07. The van der Waals surface area contributed by atoms with Gasteiger partial charge in [-0.15, -0.1) is 0 Å². The molecule has 3 aromatic rings. The zero-order chi connectivity index (χ0) is 14.8. The monoisotopic (exact) mass is 277 g/mol. The number of carbonyl (C=O) groups is 1. The first kappa shape index (κ1) is 12.8. The SMILES string of the molecule is Cn1cc(C#N)c(NC(=O)c2nccc3ccccc23)n1. The molecule has 102 valence electrons. The van der Waals surface area contributed by atoms with Gasteiger partial charge in [0.15, 0.2) is 5.82 Å². The van der Waals surface area contributed by atoms with E-state index in [0.29, 0.717) is 11.3 Å².